The molecule has 0 radical (unpaired) electrons. The first-order valence-corrected chi connectivity index (χ1v) is 7.89. The van der Waals surface area contributed by atoms with Crippen molar-refractivity contribution in [3.8, 4) is 11.4 Å². The average Bonchev–Trinajstić information content (AvgIpc) is 3.09. The van der Waals surface area contributed by atoms with E-state index in [9.17, 15) is 18.0 Å². The van der Waals surface area contributed by atoms with Gasteiger partial charge in [-0.15, -0.1) is 0 Å². The van der Waals surface area contributed by atoms with Crippen LogP contribution < -0.4 is 5.32 Å². The van der Waals surface area contributed by atoms with E-state index in [0.29, 0.717) is 30.1 Å². The summed E-state index contributed by atoms with van der Waals surface area (Å²) < 4.78 is 46.6. The van der Waals surface area contributed by atoms with Crippen LogP contribution in [0.15, 0.2) is 33.9 Å². The van der Waals surface area contributed by atoms with E-state index in [1.54, 1.807) is 6.92 Å². The second-order valence-corrected chi connectivity index (χ2v) is 5.77. The summed E-state index contributed by atoms with van der Waals surface area (Å²) in [7, 11) is 0. The molecule has 1 aromatic heterocycles. The van der Waals surface area contributed by atoms with Gasteiger partial charge in [-0.3, -0.25) is 4.79 Å². The smallest absolute Gasteiger partial charge is 0.388 e. The van der Waals surface area contributed by atoms with E-state index in [2.05, 4.69) is 25.1 Å². The van der Waals surface area contributed by atoms with Gasteiger partial charge in [0.05, 0.1) is 25.5 Å². The highest BCUT2D eigenvalue weighted by Crippen LogP contribution is 2.29. The zero-order valence-electron chi connectivity index (χ0n) is 14.1. The van der Waals surface area contributed by atoms with Crippen LogP contribution in [0.5, 0.6) is 0 Å². The molecule has 1 fully saturated rings. The van der Waals surface area contributed by atoms with E-state index in [1.807, 2.05) is 0 Å². The summed E-state index contributed by atoms with van der Waals surface area (Å²) in [5, 5.41) is 9.84. The number of ether oxygens (including phenoxy) is 1. The Morgan fingerprint density at radius 2 is 2.04 bits per heavy atom. The molecule has 1 saturated heterocycles. The average molecular weight is 384 g/mol. The predicted molar refractivity (Wildman–Crippen MR) is 85.9 cm³/mol. The molecule has 0 atom stereocenters. The molecule has 1 aliphatic heterocycles. The van der Waals surface area contributed by atoms with Crippen LogP contribution in [0.4, 0.5) is 13.2 Å². The van der Waals surface area contributed by atoms with Crippen LogP contribution in [0.2, 0.25) is 0 Å². The molecule has 3 rings (SSSR count). The Morgan fingerprint density at radius 1 is 1.33 bits per heavy atom. The number of hydrogen-bond acceptors (Lipinski definition) is 7. The van der Waals surface area contributed by atoms with E-state index >= 15 is 0 Å². The van der Waals surface area contributed by atoms with Crippen molar-refractivity contribution in [3.05, 3.63) is 35.7 Å². The van der Waals surface area contributed by atoms with Crippen molar-refractivity contribution in [2.75, 3.05) is 19.8 Å². The van der Waals surface area contributed by atoms with E-state index in [1.165, 1.54) is 24.3 Å². The summed E-state index contributed by atoms with van der Waals surface area (Å²) in [4.78, 5) is 20.6. The van der Waals surface area contributed by atoms with Crippen molar-refractivity contribution in [2.45, 2.75) is 19.2 Å². The van der Waals surface area contributed by atoms with Gasteiger partial charge in [-0.2, -0.15) is 18.2 Å². The van der Waals surface area contributed by atoms with Gasteiger partial charge in [0.25, 0.3) is 5.91 Å². The van der Waals surface area contributed by atoms with Gasteiger partial charge in [-0.05, 0) is 19.1 Å². The number of oxime groups is 1. The molecule has 8 nitrogen and oxygen atoms in total. The first-order valence-electron chi connectivity index (χ1n) is 7.89. The SMILES string of the molecule is CC(CNC(=O)c1ccc(-c2noc(C(F)(F)F)n2)cc1)=NOC1COC1. The fraction of sp³-hybridized carbons (Fsp3) is 0.375. The minimum Gasteiger partial charge on any atom is -0.388 e. The van der Waals surface area contributed by atoms with Gasteiger partial charge in [-0.1, -0.05) is 22.4 Å². The number of carbonyl (C=O) groups excluding carboxylic acids is 1. The van der Waals surface area contributed by atoms with Gasteiger partial charge >= 0.3 is 12.1 Å². The Hall–Kier alpha value is -2.95. The lowest BCUT2D eigenvalue weighted by molar-refractivity contribution is -0.159. The summed E-state index contributed by atoms with van der Waals surface area (Å²) in [6.07, 6.45) is -4.76. The van der Waals surface area contributed by atoms with Crippen molar-refractivity contribution in [3.63, 3.8) is 0 Å². The Balaban J connectivity index is 1.56. The molecular weight excluding hydrogens is 369 g/mol. The number of nitrogens with one attached hydrogen (secondary N) is 1. The lowest BCUT2D eigenvalue weighted by Crippen LogP contribution is -2.35. The van der Waals surface area contributed by atoms with Gasteiger partial charge in [0, 0.05) is 11.1 Å². The fourth-order valence-corrected chi connectivity index (χ4v) is 2.01. The van der Waals surface area contributed by atoms with Gasteiger partial charge in [0.1, 0.15) is 0 Å². The van der Waals surface area contributed by atoms with Crippen LogP contribution in [0.25, 0.3) is 11.4 Å². The van der Waals surface area contributed by atoms with E-state index in [-0.39, 0.29) is 24.4 Å². The molecule has 27 heavy (non-hydrogen) atoms. The number of nitrogens with zero attached hydrogens (tertiary/aromatic N) is 3. The summed E-state index contributed by atoms with van der Waals surface area (Å²) >= 11 is 0. The number of halogens is 3. The number of aromatic nitrogens is 2. The fourth-order valence-electron chi connectivity index (χ4n) is 2.01. The lowest BCUT2D eigenvalue weighted by atomic mass is 10.1. The van der Waals surface area contributed by atoms with E-state index in [4.69, 9.17) is 9.57 Å². The maximum absolute atomic E-state index is 12.5. The number of benzene rings is 1. The minimum absolute atomic E-state index is 0.0498. The minimum atomic E-state index is -4.71. The first kappa shape index (κ1) is 18.8. The monoisotopic (exact) mass is 384 g/mol. The Kier molecular flexibility index (Phi) is 5.40. The molecule has 0 aliphatic carbocycles. The molecule has 0 unspecified atom stereocenters. The van der Waals surface area contributed by atoms with Crippen molar-refractivity contribution < 1.29 is 32.1 Å². The Labute approximate surface area is 151 Å². The lowest BCUT2D eigenvalue weighted by Gasteiger charge is -2.23. The van der Waals surface area contributed by atoms with Crippen molar-refractivity contribution in [2.24, 2.45) is 5.16 Å². The largest absolute Gasteiger partial charge is 0.471 e. The third-order valence-electron chi connectivity index (χ3n) is 3.54. The summed E-state index contributed by atoms with van der Waals surface area (Å²) in [6.45, 7) is 2.89. The van der Waals surface area contributed by atoms with Crippen molar-refractivity contribution >= 4 is 11.6 Å². The highest BCUT2D eigenvalue weighted by molar-refractivity contribution is 5.97. The molecular formula is C16H15F3N4O4. The Bertz CT molecular complexity index is 829. The zero-order chi connectivity index (χ0) is 19.4. The molecule has 2 aromatic rings. The number of amides is 1. The quantitative estimate of drug-likeness (QED) is 0.606. The number of alkyl halides is 3. The second kappa shape index (κ2) is 7.74. The molecule has 1 aliphatic rings. The molecule has 1 N–H and O–H groups in total. The summed E-state index contributed by atoms with van der Waals surface area (Å²) in [6, 6.07) is 5.76. The topological polar surface area (TPSA) is 98.8 Å². The third kappa shape index (κ3) is 4.82. The normalized spacial score (nSPS) is 15.3. The van der Waals surface area contributed by atoms with Crippen LogP contribution in [-0.2, 0) is 15.8 Å². The highest BCUT2D eigenvalue weighted by Gasteiger charge is 2.38. The van der Waals surface area contributed by atoms with Gasteiger partial charge in [-0.25, -0.2) is 0 Å². The van der Waals surface area contributed by atoms with E-state index in [0.717, 1.165) is 0 Å². The molecule has 0 spiro atoms. The standard InChI is InChI=1S/C16H15F3N4O4/c1-9(22-26-12-7-25-8-12)6-20-14(24)11-4-2-10(3-5-11)13-21-15(27-23-13)16(17,18)19/h2-5,12H,6-8H2,1H3,(H,20,24). The van der Waals surface area contributed by atoms with Crippen LogP contribution >= 0.6 is 0 Å². The van der Waals surface area contributed by atoms with Crippen molar-refractivity contribution in [1.82, 2.24) is 15.5 Å². The zero-order valence-corrected chi connectivity index (χ0v) is 14.1. The number of carbonyl (C=O) groups is 1. The van der Waals surface area contributed by atoms with Crippen LogP contribution in [0.3, 0.4) is 0 Å². The molecule has 1 aromatic carbocycles. The molecule has 1 amide bonds. The van der Waals surface area contributed by atoms with Gasteiger partial charge in [0.2, 0.25) is 5.82 Å². The Morgan fingerprint density at radius 3 is 2.59 bits per heavy atom. The molecule has 144 valence electrons. The first-order chi connectivity index (χ1) is 12.8. The predicted octanol–water partition coefficient (Wildman–Crippen LogP) is 2.28. The van der Waals surface area contributed by atoms with E-state index < -0.39 is 12.1 Å². The van der Waals surface area contributed by atoms with Gasteiger partial charge in [0.15, 0.2) is 6.10 Å². The number of rotatable bonds is 6. The summed E-state index contributed by atoms with van der Waals surface area (Å²) in [5.74, 6) is -2.01. The number of hydrogen-bond donors (Lipinski definition) is 1. The van der Waals surface area contributed by atoms with Crippen LogP contribution in [0, 0.1) is 0 Å². The van der Waals surface area contributed by atoms with Crippen LogP contribution in [-0.4, -0.2) is 47.6 Å². The maximum atomic E-state index is 12.5. The van der Waals surface area contributed by atoms with Crippen molar-refractivity contribution in [1.29, 1.82) is 0 Å². The second-order valence-electron chi connectivity index (χ2n) is 5.77. The molecule has 0 bridgehead atoms. The molecule has 2 heterocycles. The van der Waals surface area contributed by atoms with Gasteiger partial charge < -0.3 is 19.4 Å². The highest BCUT2D eigenvalue weighted by atomic mass is 19.4. The summed E-state index contributed by atoms with van der Waals surface area (Å²) in [5.41, 5.74) is 1.19. The molecule has 0 saturated carbocycles. The maximum Gasteiger partial charge on any atom is 0.471 e. The third-order valence-corrected chi connectivity index (χ3v) is 3.54. The van der Waals surface area contributed by atoms with Crippen LogP contribution in [0.1, 0.15) is 23.2 Å². The molecule has 11 heteroatoms.